The van der Waals surface area contributed by atoms with E-state index in [4.69, 9.17) is 0 Å². The maximum absolute atomic E-state index is 12.0. The Morgan fingerprint density at radius 3 is 2.95 bits per heavy atom. The average Bonchev–Trinajstić information content (AvgIpc) is 2.88. The number of likely N-dealkylation sites (N-methyl/N-ethyl adjacent to an activating group) is 1. The van der Waals surface area contributed by atoms with Crippen LogP contribution >= 0.6 is 24.0 Å². The van der Waals surface area contributed by atoms with Gasteiger partial charge in [0.15, 0.2) is 0 Å². The number of hydrogen-bond acceptors (Lipinski definition) is 5. The molecular weight excluding hydrogens is 278 g/mol. The molecule has 1 atom stereocenters. The lowest BCUT2D eigenvalue weighted by Gasteiger charge is -2.21. The topological polar surface area (TPSA) is 47.3 Å². The van der Waals surface area contributed by atoms with Crippen molar-refractivity contribution in [3.63, 3.8) is 0 Å². The fraction of sp³-hybridized carbons (Fsp3) is 0.538. The third-order valence-electron chi connectivity index (χ3n) is 3.69. The van der Waals surface area contributed by atoms with Crippen molar-refractivity contribution in [2.45, 2.75) is 24.6 Å². The molecule has 0 aromatic carbocycles. The number of carbonyl (C=O) groups excluding carboxylic acids is 1. The van der Waals surface area contributed by atoms with E-state index in [-0.39, 0.29) is 11.2 Å². The van der Waals surface area contributed by atoms with Crippen molar-refractivity contribution in [3.05, 3.63) is 16.0 Å². The molecule has 1 aromatic heterocycles. The van der Waals surface area contributed by atoms with Crippen LogP contribution in [0.15, 0.2) is 0 Å². The normalized spacial score (nSPS) is 23.5. The summed E-state index contributed by atoms with van der Waals surface area (Å²) in [6, 6.07) is 2.30. The third kappa shape index (κ3) is 2.16. The molecule has 1 aromatic rings. The van der Waals surface area contributed by atoms with Crippen LogP contribution in [0.4, 0.5) is 5.00 Å². The Morgan fingerprint density at radius 1 is 1.53 bits per heavy atom. The molecule has 1 amide bonds. The van der Waals surface area contributed by atoms with Crippen molar-refractivity contribution in [2.75, 3.05) is 25.0 Å². The Balaban J connectivity index is 2.03. The predicted octanol–water partition coefficient (Wildman–Crippen LogP) is 1.64. The predicted molar refractivity (Wildman–Crippen MR) is 78.8 cm³/mol. The molecule has 6 heteroatoms. The minimum atomic E-state index is 0.0841. The fourth-order valence-electron chi connectivity index (χ4n) is 2.71. The van der Waals surface area contributed by atoms with Gasteiger partial charge in [-0.1, -0.05) is 0 Å². The average molecular weight is 293 g/mol. The lowest BCUT2D eigenvalue weighted by atomic mass is 10.0. The molecule has 1 unspecified atom stereocenters. The Bertz CT molecular complexity index is 575. The number of thiophene rings is 1. The van der Waals surface area contributed by atoms with Gasteiger partial charge in [0.1, 0.15) is 11.1 Å². The molecule has 100 valence electrons. The maximum atomic E-state index is 12.0. The van der Waals surface area contributed by atoms with E-state index in [0.717, 1.165) is 30.1 Å². The molecule has 3 heterocycles. The van der Waals surface area contributed by atoms with Gasteiger partial charge in [-0.15, -0.1) is 11.3 Å². The number of thiol groups is 1. The summed E-state index contributed by atoms with van der Waals surface area (Å²) in [6.07, 6.45) is 1.37. The largest absolute Gasteiger partial charge is 0.302 e. The van der Waals surface area contributed by atoms with Gasteiger partial charge in [0.2, 0.25) is 5.91 Å². The number of fused-ring (bicyclic) bond motifs is 1. The fourth-order valence-corrected chi connectivity index (χ4v) is 4.43. The third-order valence-corrected chi connectivity index (χ3v) is 5.28. The number of hydrogen-bond donors (Lipinski definition) is 1. The molecule has 0 spiro atoms. The number of anilines is 1. The van der Waals surface area contributed by atoms with E-state index in [1.165, 1.54) is 4.88 Å². The van der Waals surface area contributed by atoms with Crippen LogP contribution in [0.3, 0.4) is 0 Å². The number of amides is 1. The van der Waals surface area contributed by atoms with Crippen LogP contribution in [0.25, 0.3) is 0 Å². The molecule has 0 saturated carbocycles. The summed E-state index contributed by atoms with van der Waals surface area (Å²) in [7, 11) is 2.08. The highest BCUT2D eigenvalue weighted by Crippen LogP contribution is 2.40. The number of rotatable bonds is 1. The first-order chi connectivity index (χ1) is 9.10. The zero-order chi connectivity index (χ0) is 13.6. The standard InChI is InChI=1S/C13H15N3OS2/c1-15-3-2-9-10(5-14)13(19-11(9)7-15)16-6-8(18)4-12(16)17/h8,18H,2-4,6-7H2,1H3. The van der Waals surface area contributed by atoms with Gasteiger partial charge in [-0.05, 0) is 19.0 Å². The van der Waals surface area contributed by atoms with Gasteiger partial charge in [-0.25, -0.2) is 0 Å². The molecular formula is C13H15N3OS2. The van der Waals surface area contributed by atoms with Crippen molar-refractivity contribution in [1.29, 1.82) is 5.26 Å². The zero-order valence-electron chi connectivity index (χ0n) is 10.7. The van der Waals surface area contributed by atoms with E-state index in [1.54, 1.807) is 16.2 Å². The lowest BCUT2D eigenvalue weighted by Crippen LogP contribution is -2.25. The van der Waals surface area contributed by atoms with E-state index in [0.29, 0.717) is 18.5 Å². The molecule has 1 saturated heterocycles. The highest BCUT2D eigenvalue weighted by atomic mass is 32.1. The van der Waals surface area contributed by atoms with Gasteiger partial charge < -0.3 is 9.80 Å². The first-order valence-corrected chi connectivity index (χ1v) is 7.65. The molecule has 2 aliphatic rings. The van der Waals surface area contributed by atoms with Crippen molar-refractivity contribution >= 4 is 34.9 Å². The molecule has 2 aliphatic heterocycles. The van der Waals surface area contributed by atoms with E-state index in [1.807, 2.05) is 0 Å². The molecule has 19 heavy (non-hydrogen) atoms. The number of nitrogens with zero attached hydrogens (tertiary/aromatic N) is 3. The summed E-state index contributed by atoms with van der Waals surface area (Å²) in [4.78, 5) is 17.2. The monoisotopic (exact) mass is 293 g/mol. The molecule has 4 nitrogen and oxygen atoms in total. The van der Waals surface area contributed by atoms with E-state index >= 15 is 0 Å². The van der Waals surface area contributed by atoms with Crippen molar-refractivity contribution < 1.29 is 4.79 Å². The van der Waals surface area contributed by atoms with Gasteiger partial charge in [0.05, 0.1) is 5.56 Å². The summed E-state index contributed by atoms with van der Waals surface area (Å²) < 4.78 is 0. The van der Waals surface area contributed by atoms with Crippen LogP contribution < -0.4 is 4.90 Å². The highest BCUT2D eigenvalue weighted by Gasteiger charge is 2.33. The van der Waals surface area contributed by atoms with E-state index in [9.17, 15) is 10.1 Å². The summed E-state index contributed by atoms with van der Waals surface area (Å²) in [6.45, 7) is 2.47. The van der Waals surface area contributed by atoms with Gasteiger partial charge in [-0.2, -0.15) is 17.9 Å². The first kappa shape index (κ1) is 13.0. The quantitative estimate of drug-likeness (QED) is 0.801. The van der Waals surface area contributed by atoms with Gasteiger partial charge in [0.25, 0.3) is 0 Å². The van der Waals surface area contributed by atoms with Crippen molar-refractivity contribution in [1.82, 2.24) is 4.90 Å². The van der Waals surface area contributed by atoms with Gasteiger partial charge in [-0.3, -0.25) is 4.79 Å². The zero-order valence-corrected chi connectivity index (χ0v) is 12.4. The molecule has 1 fully saturated rings. The summed E-state index contributed by atoms with van der Waals surface area (Å²) in [5.41, 5.74) is 1.86. The first-order valence-electron chi connectivity index (χ1n) is 6.31. The smallest absolute Gasteiger partial charge is 0.228 e. The second-order valence-electron chi connectivity index (χ2n) is 5.15. The maximum Gasteiger partial charge on any atom is 0.228 e. The minimum absolute atomic E-state index is 0.0841. The molecule has 0 radical (unpaired) electrons. The van der Waals surface area contributed by atoms with E-state index < -0.39 is 0 Å². The Morgan fingerprint density at radius 2 is 2.32 bits per heavy atom. The molecule has 0 aliphatic carbocycles. The van der Waals surface area contributed by atoms with E-state index in [2.05, 4.69) is 30.6 Å². The van der Waals surface area contributed by atoms with Crippen LogP contribution in [0.1, 0.15) is 22.4 Å². The highest BCUT2D eigenvalue weighted by molar-refractivity contribution is 7.81. The number of nitriles is 1. The van der Waals surface area contributed by atoms with Crippen LogP contribution in [-0.2, 0) is 17.8 Å². The summed E-state index contributed by atoms with van der Waals surface area (Å²) >= 11 is 5.98. The Hall–Kier alpha value is -1.03. The lowest BCUT2D eigenvalue weighted by molar-refractivity contribution is -0.116. The second kappa shape index (κ2) is 4.82. The Kier molecular flexibility index (Phi) is 3.29. The van der Waals surface area contributed by atoms with Crippen molar-refractivity contribution in [3.8, 4) is 6.07 Å². The number of carbonyl (C=O) groups is 1. The van der Waals surface area contributed by atoms with Gasteiger partial charge in [0, 0.05) is 36.2 Å². The summed E-state index contributed by atoms with van der Waals surface area (Å²) in [5, 5.41) is 10.3. The minimum Gasteiger partial charge on any atom is -0.302 e. The van der Waals surface area contributed by atoms with Crippen LogP contribution in [0.2, 0.25) is 0 Å². The molecule has 0 N–H and O–H groups in total. The van der Waals surface area contributed by atoms with Crippen LogP contribution in [0, 0.1) is 11.3 Å². The second-order valence-corrected chi connectivity index (χ2v) is 6.96. The van der Waals surface area contributed by atoms with Crippen LogP contribution in [-0.4, -0.2) is 36.2 Å². The van der Waals surface area contributed by atoms with Crippen LogP contribution in [0.5, 0.6) is 0 Å². The Labute approximate surface area is 122 Å². The molecule has 3 rings (SSSR count). The van der Waals surface area contributed by atoms with Gasteiger partial charge >= 0.3 is 0 Å². The SMILES string of the molecule is CN1CCc2c(sc(N3CC(S)CC3=O)c2C#N)C1. The summed E-state index contributed by atoms with van der Waals surface area (Å²) in [5.74, 6) is 0.0865. The molecule has 0 bridgehead atoms. The van der Waals surface area contributed by atoms with Crippen molar-refractivity contribution in [2.24, 2.45) is 0 Å².